The van der Waals surface area contributed by atoms with Gasteiger partial charge < -0.3 is 24.7 Å². The Kier molecular flexibility index (Phi) is 6.94. The van der Waals surface area contributed by atoms with Crippen LogP contribution in [0.5, 0.6) is 11.5 Å². The fourth-order valence-electron chi connectivity index (χ4n) is 4.67. The lowest BCUT2D eigenvalue weighted by molar-refractivity contribution is -0.127. The molecule has 2 N–H and O–H groups in total. The number of rotatable bonds is 7. The first-order valence-corrected chi connectivity index (χ1v) is 13.6. The second kappa shape index (κ2) is 10.9. The largest absolute Gasteiger partial charge is 0.454 e. The summed E-state index contributed by atoms with van der Waals surface area (Å²) < 4.78 is 12.5. The molecule has 0 atom stereocenters. The van der Waals surface area contributed by atoms with Crippen molar-refractivity contribution < 1.29 is 28.7 Å². The lowest BCUT2D eigenvalue weighted by atomic mass is 10.1. The summed E-state index contributed by atoms with van der Waals surface area (Å²) in [5.74, 6) is -0.0696. The average molecular weight is 569 g/mol. The fourth-order valence-corrected chi connectivity index (χ4v) is 5.50. The van der Waals surface area contributed by atoms with Gasteiger partial charge in [0.25, 0.3) is 11.1 Å². The maximum absolute atomic E-state index is 13.1. The summed E-state index contributed by atoms with van der Waals surface area (Å²) in [6.45, 7) is 1.63. The van der Waals surface area contributed by atoms with Crippen LogP contribution in [0.15, 0.2) is 77.8 Å². The van der Waals surface area contributed by atoms with E-state index in [4.69, 9.17) is 9.47 Å². The molecule has 0 saturated carbocycles. The lowest BCUT2D eigenvalue weighted by Crippen LogP contribution is -2.36. The van der Waals surface area contributed by atoms with E-state index in [2.05, 4.69) is 10.6 Å². The number of nitrogens with one attached hydrogen (secondary N) is 2. The van der Waals surface area contributed by atoms with Crippen molar-refractivity contribution in [3.05, 3.63) is 89.0 Å². The summed E-state index contributed by atoms with van der Waals surface area (Å²) in [5.41, 5.74) is 3.53. The number of aromatic nitrogens is 1. The smallest absolute Gasteiger partial charge is 0.294 e. The third kappa shape index (κ3) is 5.39. The SMILES string of the molecule is Cc1ccccc1NC(=O)CN1C(=O)S/C(=C\c2cn(CC(=O)Nc3ccc4c(c3)OCO4)c3ccccc23)C1=O. The highest BCUT2D eigenvalue weighted by molar-refractivity contribution is 8.18. The van der Waals surface area contributed by atoms with Crippen LogP contribution in [-0.4, -0.2) is 45.8 Å². The number of ether oxygens (including phenoxy) is 2. The molecule has 0 radical (unpaired) electrons. The first-order chi connectivity index (χ1) is 19.9. The lowest BCUT2D eigenvalue weighted by Gasteiger charge is -2.13. The molecule has 206 valence electrons. The molecule has 3 heterocycles. The van der Waals surface area contributed by atoms with Crippen molar-refractivity contribution in [3.8, 4) is 11.5 Å². The number of thioether (sulfide) groups is 1. The topological polar surface area (TPSA) is 119 Å². The zero-order valence-electron chi connectivity index (χ0n) is 21.9. The van der Waals surface area contributed by atoms with Crippen LogP contribution in [-0.2, 0) is 20.9 Å². The van der Waals surface area contributed by atoms with Gasteiger partial charge in [0.1, 0.15) is 13.1 Å². The van der Waals surface area contributed by atoms with Gasteiger partial charge in [-0.05, 0) is 54.6 Å². The van der Waals surface area contributed by atoms with E-state index in [0.717, 1.165) is 33.1 Å². The predicted molar refractivity (Wildman–Crippen MR) is 156 cm³/mol. The highest BCUT2D eigenvalue weighted by atomic mass is 32.2. The molecule has 0 bridgehead atoms. The molecule has 6 rings (SSSR count). The van der Waals surface area contributed by atoms with E-state index in [0.29, 0.717) is 28.4 Å². The fraction of sp³-hybridized carbons (Fsp3) is 0.133. The molecule has 1 saturated heterocycles. The highest BCUT2D eigenvalue weighted by Crippen LogP contribution is 2.35. The minimum Gasteiger partial charge on any atom is -0.454 e. The third-order valence-electron chi connectivity index (χ3n) is 6.67. The molecule has 11 heteroatoms. The van der Waals surface area contributed by atoms with Gasteiger partial charge in [0.15, 0.2) is 11.5 Å². The Bertz CT molecular complexity index is 1760. The molecule has 41 heavy (non-hydrogen) atoms. The van der Waals surface area contributed by atoms with E-state index in [1.165, 1.54) is 0 Å². The van der Waals surface area contributed by atoms with Gasteiger partial charge in [-0.15, -0.1) is 0 Å². The number of carbonyl (C=O) groups is 4. The number of amides is 4. The van der Waals surface area contributed by atoms with Crippen LogP contribution in [0.3, 0.4) is 0 Å². The molecule has 4 amide bonds. The first kappa shape index (κ1) is 26.2. The summed E-state index contributed by atoms with van der Waals surface area (Å²) in [6, 6.07) is 19.9. The number of anilines is 2. The second-order valence-corrected chi connectivity index (χ2v) is 10.5. The van der Waals surface area contributed by atoms with Crippen molar-refractivity contribution >= 4 is 63.1 Å². The Balaban J connectivity index is 1.18. The van der Waals surface area contributed by atoms with Crippen LogP contribution in [0.1, 0.15) is 11.1 Å². The van der Waals surface area contributed by atoms with Crippen LogP contribution >= 0.6 is 11.8 Å². The summed E-state index contributed by atoms with van der Waals surface area (Å²) in [7, 11) is 0. The summed E-state index contributed by atoms with van der Waals surface area (Å²) in [4.78, 5) is 52.4. The normalized spacial score (nSPS) is 15.1. The number of aryl methyl sites for hydroxylation is 1. The van der Waals surface area contributed by atoms with Gasteiger partial charge in [0, 0.05) is 40.1 Å². The number of hydrogen-bond acceptors (Lipinski definition) is 7. The maximum Gasteiger partial charge on any atom is 0.294 e. The monoisotopic (exact) mass is 568 g/mol. The van der Waals surface area contributed by atoms with Gasteiger partial charge in [0.2, 0.25) is 18.6 Å². The molecule has 0 spiro atoms. The Morgan fingerprint density at radius 3 is 2.54 bits per heavy atom. The Labute approximate surface area is 238 Å². The van der Waals surface area contributed by atoms with Crippen molar-refractivity contribution in [1.29, 1.82) is 0 Å². The number of nitrogens with zero attached hydrogens (tertiary/aromatic N) is 2. The molecule has 1 fully saturated rings. The quantitative estimate of drug-likeness (QED) is 0.302. The van der Waals surface area contributed by atoms with Gasteiger partial charge in [-0.3, -0.25) is 24.1 Å². The van der Waals surface area contributed by atoms with Crippen LogP contribution in [0, 0.1) is 6.92 Å². The molecule has 1 aromatic heterocycles. The van der Waals surface area contributed by atoms with Gasteiger partial charge >= 0.3 is 0 Å². The molecule has 4 aromatic rings. The zero-order chi connectivity index (χ0) is 28.5. The average Bonchev–Trinajstić information content (AvgIpc) is 3.63. The zero-order valence-corrected chi connectivity index (χ0v) is 22.7. The molecular formula is C30H24N4O6S. The number of carbonyl (C=O) groups excluding carboxylic acids is 4. The molecule has 3 aromatic carbocycles. The molecule has 2 aliphatic heterocycles. The van der Waals surface area contributed by atoms with Crippen LogP contribution < -0.4 is 20.1 Å². The first-order valence-electron chi connectivity index (χ1n) is 12.7. The molecule has 0 unspecified atom stereocenters. The highest BCUT2D eigenvalue weighted by Gasteiger charge is 2.36. The van der Waals surface area contributed by atoms with E-state index < -0.39 is 23.6 Å². The number of benzene rings is 3. The maximum atomic E-state index is 13.1. The van der Waals surface area contributed by atoms with Crippen molar-refractivity contribution in [2.45, 2.75) is 13.5 Å². The molecule has 0 aliphatic carbocycles. The Morgan fingerprint density at radius 2 is 1.68 bits per heavy atom. The van der Waals surface area contributed by atoms with Crippen molar-refractivity contribution in [1.82, 2.24) is 9.47 Å². The van der Waals surface area contributed by atoms with Gasteiger partial charge in [-0.2, -0.15) is 0 Å². The van der Waals surface area contributed by atoms with E-state index >= 15 is 0 Å². The van der Waals surface area contributed by atoms with Crippen molar-refractivity contribution in [3.63, 3.8) is 0 Å². The van der Waals surface area contributed by atoms with E-state index in [1.54, 1.807) is 47.2 Å². The van der Waals surface area contributed by atoms with E-state index in [1.807, 2.05) is 43.3 Å². The van der Waals surface area contributed by atoms with Crippen LogP contribution in [0.4, 0.5) is 16.2 Å². The number of hydrogen-bond donors (Lipinski definition) is 2. The van der Waals surface area contributed by atoms with Gasteiger partial charge in [0.05, 0.1) is 4.91 Å². The van der Waals surface area contributed by atoms with Crippen molar-refractivity contribution in [2.24, 2.45) is 0 Å². The Morgan fingerprint density at radius 1 is 0.927 bits per heavy atom. The molecule has 2 aliphatic rings. The minimum absolute atomic E-state index is 0.0172. The van der Waals surface area contributed by atoms with Crippen LogP contribution in [0.25, 0.3) is 17.0 Å². The van der Waals surface area contributed by atoms with Crippen molar-refractivity contribution in [2.75, 3.05) is 24.0 Å². The Hall–Kier alpha value is -5.03. The molecule has 10 nitrogen and oxygen atoms in total. The second-order valence-electron chi connectivity index (χ2n) is 9.48. The minimum atomic E-state index is -0.544. The predicted octanol–water partition coefficient (Wildman–Crippen LogP) is 4.99. The third-order valence-corrected chi connectivity index (χ3v) is 7.58. The summed E-state index contributed by atoms with van der Waals surface area (Å²) >= 11 is 0.779. The standard InChI is InChI=1S/C30H24N4O6S/c1-18-6-2-4-8-22(18)32-28(36)16-34-29(37)26(41-30(34)38)12-19-14-33(23-9-5-3-7-21(19)23)15-27(35)31-20-10-11-24-25(13-20)40-17-39-24/h2-14H,15-17H2,1H3,(H,31,35)(H,32,36)/b26-12-. The van der Waals surface area contributed by atoms with Gasteiger partial charge in [-0.25, -0.2) is 0 Å². The summed E-state index contributed by atoms with van der Waals surface area (Å²) in [5, 5.41) is 5.91. The van der Waals surface area contributed by atoms with Gasteiger partial charge in [-0.1, -0.05) is 36.4 Å². The molecular weight excluding hydrogens is 544 g/mol. The summed E-state index contributed by atoms with van der Waals surface area (Å²) in [6.07, 6.45) is 3.39. The number of fused-ring (bicyclic) bond motifs is 2. The van der Waals surface area contributed by atoms with E-state index in [-0.39, 0.29) is 24.2 Å². The van der Waals surface area contributed by atoms with Crippen LogP contribution in [0.2, 0.25) is 0 Å². The van der Waals surface area contributed by atoms with E-state index in [9.17, 15) is 19.2 Å². The number of para-hydroxylation sites is 2. The number of imide groups is 1.